The summed E-state index contributed by atoms with van der Waals surface area (Å²) in [6, 6.07) is 8.49. The van der Waals surface area contributed by atoms with Crippen molar-refractivity contribution in [2.24, 2.45) is 0 Å². The molecule has 18 heavy (non-hydrogen) atoms. The third kappa shape index (κ3) is 12.9. The SMILES string of the molecule is C1=Cc2ccccc2C1.CCO.[K+].[O]=[Mn](=[O])(=[O])[O-]. The van der Waals surface area contributed by atoms with Gasteiger partial charge >= 0.3 is 80.0 Å². The number of fused-ring (bicyclic) bond motifs is 1. The maximum absolute atomic E-state index is 8.58. The Kier molecular flexibility index (Phi) is 13.0. The number of aliphatic hydroxyl groups is 1. The zero-order chi connectivity index (χ0) is 13.3. The zero-order valence-electron chi connectivity index (χ0n) is 10.3. The van der Waals surface area contributed by atoms with Gasteiger partial charge in [-0.05, 0) is 24.5 Å². The van der Waals surface area contributed by atoms with E-state index in [1.807, 2.05) is 0 Å². The van der Waals surface area contributed by atoms with Gasteiger partial charge in [-0.1, -0.05) is 36.4 Å². The van der Waals surface area contributed by atoms with Crippen LogP contribution in [0.4, 0.5) is 0 Å². The van der Waals surface area contributed by atoms with E-state index in [1.54, 1.807) is 6.92 Å². The van der Waals surface area contributed by atoms with Gasteiger partial charge in [-0.25, -0.2) is 0 Å². The van der Waals surface area contributed by atoms with Crippen LogP contribution in [0.3, 0.4) is 0 Å². The maximum atomic E-state index is 8.58. The molecule has 0 aromatic heterocycles. The van der Waals surface area contributed by atoms with E-state index in [9.17, 15) is 0 Å². The standard InChI is InChI=1S/C9H8.C2H6O.K.Mn.4O/c1-2-5-9-7-3-6-8(9)4-1;1-2-3;;;;;;/h1-6H,7H2;3H,2H2,1H3;;;;;;/q;;+1;;;;;-1. The second kappa shape index (κ2) is 11.3. The Morgan fingerprint density at radius 2 is 1.72 bits per heavy atom. The average molecular weight is 320 g/mol. The van der Waals surface area contributed by atoms with Crippen LogP contribution in [0, 0.1) is 0 Å². The molecule has 1 aromatic rings. The summed E-state index contributed by atoms with van der Waals surface area (Å²) in [5.41, 5.74) is 2.84. The van der Waals surface area contributed by atoms with Gasteiger partial charge in [0.2, 0.25) is 0 Å². The zero-order valence-corrected chi connectivity index (χ0v) is 14.6. The number of hydrogen-bond acceptors (Lipinski definition) is 5. The molecule has 0 amide bonds. The molecule has 0 saturated heterocycles. The normalized spacial score (nSPS) is 11.1. The molecule has 0 spiro atoms. The van der Waals surface area contributed by atoms with Gasteiger partial charge in [-0.2, -0.15) is 0 Å². The van der Waals surface area contributed by atoms with Crippen molar-refractivity contribution < 1.29 is 85.2 Å². The number of benzene rings is 1. The van der Waals surface area contributed by atoms with Crippen LogP contribution < -0.4 is 55.6 Å². The number of aliphatic hydroxyl groups excluding tert-OH is 1. The van der Waals surface area contributed by atoms with Crippen LogP contribution in [0.1, 0.15) is 18.1 Å². The van der Waals surface area contributed by atoms with E-state index in [0.29, 0.717) is 0 Å². The molecule has 1 aliphatic carbocycles. The van der Waals surface area contributed by atoms with Crippen LogP contribution in [-0.2, 0) is 30.9 Å². The van der Waals surface area contributed by atoms with Crippen LogP contribution >= 0.6 is 0 Å². The van der Waals surface area contributed by atoms with E-state index in [0.717, 1.165) is 6.42 Å². The Morgan fingerprint density at radius 3 is 2.17 bits per heavy atom. The molecule has 0 radical (unpaired) electrons. The molecule has 0 atom stereocenters. The Balaban J connectivity index is 0. The predicted molar refractivity (Wildman–Crippen MR) is 54.0 cm³/mol. The van der Waals surface area contributed by atoms with Crippen molar-refractivity contribution in [2.45, 2.75) is 13.3 Å². The molecule has 2 rings (SSSR count). The fourth-order valence-corrected chi connectivity index (χ4v) is 1.20. The first kappa shape index (κ1) is 20.7. The summed E-state index contributed by atoms with van der Waals surface area (Å²) < 4.78 is 34.3. The van der Waals surface area contributed by atoms with Crippen molar-refractivity contribution in [1.29, 1.82) is 0 Å². The number of hydrogen-bond donors (Lipinski definition) is 1. The minimum atomic E-state index is -5.62. The topological polar surface area (TPSA) is 94.5 Å². The second-order valence-electron chi connectivity index (χ2n) is 3.00. The van der Waals surface area contributed by atoms with Gasteiger partial charge in [-0.15, -0.1) is 0 Å². The molecule has 0 saturated carbocycles. The summed E-state index contributed by atoms with van der Waals surface area (Å²) in [6.45, 7) is 1.93. The van der Waals surface area contributed by atoms with Gasteiger partial charge in [0, 0.05) is 6.61 Å². The van der Waals surface area contributed by atoms with Gasteiger partial charge < -0.3 is 5.11 Å². The molecule has 0 bridgehead atoms. The minimum absolute atomic E-state index is 0. The van der Waals surface area contributed by atoms with Crippen molar-refractivity contribution in [1.82, 2.24) is 0 Å². The Labute approximate surface area is 150 Å². The van der Waals surface area contributed by atoms with E-state index in [-0.39, 0.29) is 58.0 Å². The molecular weight excluding hydrogens is 306 g/mol. The molecule has 1 aliphatic rings. The van der Waals surface area contributed by atoms with Gasteiger partial charge in [0.1, 0.15) is 0 Å². The molecule has 7 heteroatoms. The van der Waals surface area contributed by atoms with Crippen LogP contribution in [0.5, 0.6) is 0 Å². The van der Waals surface area contributed by atoms with Gasteiger partial charge in [0.15, 0.2) is 0 Å². The summed E-state index contributed by atoms with van der Waals surface area (Å²) in [4.78, 5) is 0. The average Bonchev–Trinajstić information content (AvgIpc) is 2.63. The van der Waals surface area contributed by atoms with E-state index in [1.165, 1.54) is 11.1 Å². The summed E-state index contributed by atoms with van der Waals surface area (Å²) in [7, 11) is 0. The molecule has 5 nitrogen and oxygen atoms in total. The van der Waals surface area contributed by atoms with Gasteiger partial charge in [0.05, 0.1) is 0 Å². The summed E-state index contributed by atoms with van der Waals surface area (Å²) >= 11 is -5.62. The first-order valence-electron chi connectivity index (χ1n) is 4.85. The first-order valence-corrected chi connectivity index (χ1v) is 6.78. The van der Waals surface area contributed by atoms with Crippen molar-refractivity contribution >= 4 is 6.08 Å². The summed E-state index contributed by atoms with van der Waals surface area (Å²) in [6.07, 6.45) is 5.50. The van der Waals surface area contributed by atoms with Crippen LogP contribution in [-0.4, -0.2) is 11.7 Å². The van der Waals surface area contributed by atoms with E-state index >= 15 is 0 Å². The number of allylic oxidation sites excluding steroid dienone is 1. The van der Waals surface area contributed by atoms with Gasteiger partial charge in [0.25, 0.3) is 0 Å². The Bertz CT molecular complexity index is 503. The fourth-order valence-electron chi connectivity index (χ4n) is 1.20. The molecule has 96 valence electrons. The molecule has 0 aliphatic heterocycles. The third-order valence-electron chi connectivity index (χ3n) is 1.69. The van der Waals surface area contributed by atoms with Gasteiger partial charge in [-0.3, -0.25) is 0 Å². The predicted octanol–water partition coefficient (Wildman–Crippen LogP) is -2.29. The number of rotatable bonds is 0. The van der Waals surface area contributed by atoms with Crippen LogP contribution in [0.2, 0.25) is 0 Å². The fraction of sp³-hybridized carbons (Fsp3) is 0.273. The third-order valence-corrected chi connectivity index (χ3v) is 1.69. The summed E-state index contributed by atoms with van der Waals surface area (Å²) in [5.74, 6) is 0. The molecule has 0 heterocycles. The van der Waals surface area contributed by atoms with E-state index < -0.39 is 13.0 Å². The molecular formula is C11H14KMnO5. The van der Waals surface area contributed by atoms with Crippen LogP contribution in [0.15, 0.2) is 30.3 Å². The van der Waals surface area contributed by atoms with E-state index in [4.69, 9.17) is 20.8 Å². The Hall–Kier alpha value is 0.436. The Morgan fingerprint density at radius 1 is 1.28 bits per heavy atom. The molecule has 1 aromatic carbocycles. The molecule has 0 fully saturated rings. The van der Waals surface area contributed by atoms with E-state index in [2.05, 4.69) is 36.4 Å². The molecule has 1 N–H and O–H groups in total. The van der Waals surface area contributed by atoms with Crippen molar-refractivity contribution in [3.63, 3.8) is 0 Å². The second-order valence-corrected chi connectivity index (χ2v) is 4.18. The van der Waals surface area contributed by atoms with Crippen molar-refractivity contribution in [3.8, 4) is 0 Å². The van der Waals surface area contributed by atoms with Crippen LogP contribution in [0.25, 0.3) is 6.08 Å². The first-order chi connectivity index (χ1) is 7.88. The van der Waals surface area contributed by atoms with Crippen molar-refractivity contribution in [3.05, 3.63) is 41.5 Å². The van der Waals surface area contributed by atoms with Crippen molar-refractivity contribution in [2.75, 3.05) is 6.61 Å². The quantitative estimate of drug-likeness (QED) is 0.543. The molecule has 0 unspecified atom stereocenters. The monoisotopic (exact) mass is 320 g/mol. The summed E-state index contributed by atoms with van der Waals surface area (Å²) in [5, 5.41) is 7.57.